The summed E-state index contributed by atoms with van der Waals surface area (Å²) in [4.78, 5) is 0. The van der Waals surface area contributed by atoms with Gasteiger partial charge in [-0.15, -0.1) is 5.10 Å². The molecule has 0 amide bonds. The van der Waals surface area contributed by atoms with Gasteiger partial charge in [-0.25, -0.2) is 4.68 Å². The van der Waals surface area contributed by atoms with Gasteiger partial charge in [-0.2, -0.15) is 0 Å². The van der Waals surface area contributed by atoms with Crippen molar-refractivity contribution in [2.24, 2.45) is 0 Å². The van der Waals surface area contributed by atoms with Crippen molar-refractivity contribution >= 4 is 40.0 Å². The molecule has 0 aliphatic carbocycles. The van der Waals surface area contributed by atoms with Gasteiger partial charge in [-0.3, -0.25) is 0 Å². The average Bonchev–Trinajstić information content (AvgIpc) is 2.65. The molecule has 0 saturated carbocycles. The van der Waals surface area contributed by atoms with E-state index in [4.69, 9.17) is 17.3 Å². The fraction of sp³-hybridized carbons (Fsp3) is 0.273. The van der Waals surface area contributed by atoms with Crippen LogP contribution in [0.2, 0.25) is 5.02 Å². The number of aromatic nitrogens is 3. The zero-order valence-electron chi connectivity index (χ0n) is 9.32. The van der Waals surface area contributed by atoms with Gasteiger partial charge >= 0.3 is 0 Å². The van der Waals surface area contributed by atoms with Crippen LogP contribution in [0.15, 0.2) is 18.2 Å². The molecule has 17 heavy (non-hydrogen) atoms. The van der Waals surface area contributed by atoms with Gasteiger partial charge in [0.2, 0.25) is 0 Å². The number of anilines is 1. The van der Waals surface area contributed by atoms with Gasteiger partial charge in [-0.1, -0.05) is 30.2 Å². The lowest BCUT2D eigenvalue weighted by Gasteiger charge is -2.08. The third-order valence-electron chi connectivity index (χ3n) is 2.42. The van der Waals surface area contributed by atoms with Crippen LogP contribution >= 0.6 is 34.2 Å². The lowest BCUT2D eigenvalue weighted by atomic mass is 10.2. The van der Waals surface area contributed by atoms with Crippen LogP contribution in [0.3, 0.4) is 0 Å². The Labute approximate surface area is 118 Å². The normalized spacial score (nSPS) is 10.8. The summed E-state index contributed by atoms with van der Waals surface area (Å²) in [6.07, 6.45) is 1.82. The van der Waals surface area contributed by atoms with Crippen molar-refractivity contribution in [3.05, 3.63) is 32.5 Å². The molecule has 1 aromatic heterocycles. The molecule has 0 aliphatic heterocycles. The summed E-state index contributed by atoms with van der Waals surface area (Å²) in [5, 5.41) is 8.62. The van der Waals surface area contributed by atoms with E-state index in [1.807, 2.05) is 18.2 Å². The molecule has 0 bridgehead atoms. The minimum Gasteiger partial charge on any atom is -0.381 e. The Morgan fingerprint density at radius 2 is 2.24 bits per heavy atom. The van der Waals surface area contributed by atoms with Gasteiger partial charge < -0.3 is 5.73 Å². The highest BCUT2D eigenvalue weighted by Gasteiger charge is 2.13. The first kappa shape index (κ1) is 12.6. The predicted octanol–water partition coefficient (Wildman–Crippen LogP) is 3.06. The highest BCUT2D eigenvalue weighted by Crippen LogP contribution is 2.25. The maximum atomic E-state index is 6.18. The summed E-state index contributed by atoms with van der Waals surface area (Å²) >= 11 is 8.42. The Bertz CT molecular complexity index is 538. The van der Waals surface area contributed by atoms with Gasteiger partial charge in [0.05, 0.1) is 16.4 Å². The first-order valence-electron chi connectivity index (χ1n) is 5.29. The van der Waals surface area contributed by atoms with Crippen LogP contribution in [0.25, 0.3) is 5.69 Å². The second-order valence-corrected chi connectivity index (χ2v) is 5.33. The van der Waals surface area contributed by atoms with Gasteiger partial charge in [0.25, 0.3) is 0 Å². The van der Waals surface area contributed by atoms with Gasteiger partial charge in [0, 0.05) is 3.57 Å². The van der Waals surface area contributed by atoms with Crippen molar-refractivity contribution in [1.29, 1.82) is 0 Å². The fourth-order valence-electron chi connectivity index (χ4n) is 1.63. The van der Waals surface area contributed by atoms with Crippen molar-refractivity contribution in [2.75, 3.05) is 5.73 Å². The monoisotopic (exact) mass is 362 g/mol. The van der Waals surface area contributed by atoms with Crippen molar-refractivity contribution in [2.45, 2.75) is 19.8 Å². The summed E-state index contributed by atoms with van der Waals surface area (Å²) in [5.41, 5.74) is 7.55. The van der Waals surface area contributed by atoms with Crippen molar-refractivity contribution in [1.82, 2.24) is 15.0 Å². The molecule has 2 aromatic rings. The third-order valence-corrected chi connectivity index (χ3v) is 3.41. The Balaban J connectivity index is 2.56. The number of nitrogens with zero attached hydrogens (tertiary/aromatic N) is 3. The molecule has 0 aliphatic rings. The third kappa shape index (κ3) is 2.55. The van der Waals surface area contributed by atoms with Crippen LogP contribution in [-0.4, -0.2) is 15.0 Å². The predicted molar refractivity (Wildman–Crippen MR) is 77.5 cm³/mol. The van der Waals surface area contributed by atoms with Crippen LogP contribution in [0.5, 0.6) is 0 Å². The van der Waals surface area contributed by atoms with E-state index in [0.717, 1.165) is 27.8 Å². The molecule has 1 aromatic carbocycles. The van der Waals surface area contributed by atoms with Crippen molar-refractivity contribution in [3.8, 4) is 5.69 Å². The second kappa shape index (κ2) is 5.22. The standard InChI is InChI=1S/C11H12ClIN4/c1-2-3-9-11(14)15-16-17(9)10-6-7(13)4-5-8(10)12/h4-6H,2-3,14H2,1H3. The topological polar surface area (TPSA) is 56.7 Å². The zero-order valence-corrected chi connectivity index (χ0v) is 12.2. The van der Waals surface area contributed by atoms with Crippen molar-refractivity contribution < 1.29 is 0 Å². The van der Waals surface area contributed by atoms with E-state index in [2.05, 4.69) is 39.8 Å². The number of benzene rings is 1. The molecule has 90 valence electrons. The molecule has 0 saturated heterocycles. The van der Waals surface area contributed by atoms with Crippen LogP contribution in [0.4, 0.5) is 5.82 Å². The fourth-order valence-corrected chi connectivity index (χ4v) is 2.30. The van der Waals surface area contributed by atoms with Crippen LogP contribution in [0, 0.1) is 3.57 Å². The maximum Gasteiger partial charge on any atom is 0.169 e. The lowest BCUT2D eigenvalue weighted by molar-refractivity contribution is 0.745. The molecule has 0 unspecified atom stereocenters. The average molecular weight is 363 g/mol. The summed E-state index contributed by atoms with van der Waals surface area (Å²) in [6.45, 7) is 2.09. The van der Waals surface area contributed by atoms with Crippen LogP contribution in [-0.2, 0) is 6.42 Å². The molecule has 1 heterocycles. The number of hydrogen-bond donors (Lipinski definition) is 1. The summed E-state index contributed by atoms with van der Waals surface area (Å²) < 4.78 is 2.82. The maximum absolute atomic E-state index is 6.18. The highest BCUT2D eigenvalue weighted by atomic mass is 127. The first-order valence-corrected chi connectivity index (χ1v) is 6.74. The molecule has 2 rings (SSSR count). The summed E-state index contributed by atoms with van der Waals surface area (Å²) in [7, 11) is 0. The van der Waals surface area contributed by atoms with E-state index in [1.54, 1.807) is 4.68 Å². The van der Waals surface area contributed by atoms with Gasteiger partial charge in [0.1, 0.15) is 0 Å². The lowest BCUT2D eigenvalue weighted by Crippen LogP contribution is -2.04. The van der Waals surface area contributed by atoms with Gasteiger partial charge in [-0.05, 0) is 47.2 Å². The molecule has 2 N–H and O–H groups in total. The quantitative estimate of drug-likeness (QED) is 0.854. The minimum atomic E-state index is 0.474. The Morgan fingerprint density at radius 1 is 1.47 bits per heavy atom. The largest absolute Gasteiger partial charge is 0.381 e. The number of nitrogen functional groups attached to an aromatic ring is 1. The summed E-state index contributed by atoms with van der Waals surface area (Å²) in [6, 6.07) is 5.77. The second-order valence-electron chi connectivity index (χ2n) is 3.68. The summed E-state index contributed by atoms with van der Waals surface area (Å²) in [5.74, 6) is 0.474. The molecule has 4 nitrogen and oxygen atoms in total. The van der Waals surface area contributed by atoms with E-state index in [0.29, 0.717) is 10.8 Å². The number of rotatable bonds is 3. The molecule has 0 atom stereocenters. The van der Waals surface area contributed by atoms with Crippen molar-refractivity contribution in [3.63, 3.8) is 0 Å². The first-order chi connectivity index (χ1) is 8.13. The number of halogens is 2. The molecule has 0 fully saturated rings. The van der Waals surface area contributed by atoms with Crippen LogP contribution in [0.1, 0.15) is 19.0 Å². The number of nitrogens with two attached hydrogens (primary N) is 1. The Morgan fingerprint density at radius 3 is 2.94 bits per heavy atom. The molecular weight excluding hydrogens is 351 g/mol. The molecule has 6 heteroatoms. The zero-order chi connectivity index (χ0) is 12.4. The van der Waals surface area contributed by atoms with E-state index >= 15 is 0 Å². The Kier molecular flexibility index (Phi) is 3.88. The molecular formula is C11H12ClIN4. The minimum absolute atomic E-state index is 0.474. The molecule has 0 radical (unpaired) electrons. The van der Waals surface area contributed by atoms with E-state index < -0.39 is 0 Å². The SMILES string of the molecule is CCCc1c(N)nnn1-c1cc(I)ccc1Cl. The highest BCUT2D eigenvalue weighted by molar-refractivity contribution is 14.1. The van der Waals surface area contributed by atoms with E-state index in [-0.39, 0.29) is 0 Å². The molecule has 0 spiro atoms. The number of hydrogen-bond acceptors (Lipinski definition) is 3. The van der Waals surface area contributed by atoms with Crippen LogP contribution < -0.4 is 5.73 Å². The van der Waals surface area contributed by atoms with E-state index in [9.17, 15) is 0 Å². The smallest absolute Gasteiger partial charge is 0.169 e. The Hall–Kier alpha value is -0.820. The van der Waals surface area contributed by atoms with Gasteiger partial charge in [0.15, 0.2) is 5.82 Å². The van der Waals surface area contributed by atoms with E-state index in [1.165, 1.54) is 0 Å².